The molecule has 1 heterocycles. The molecule has 0 bridgehead atoms. The number of aromatic nitrogens is 1. The Kier molecular flexibility index (Phi) is 4.01. The highest BCUT2D eigenvalue weighted by atomic mass is 127. The minimum absolute atomic E-state index is 0.0683. The molecule has 0 aromatic carbocycles. The zero-order valence-electron chi connectivity index (χ0n) is 6.92. The van der Waals surface area contributed by atoms with Crippen LogP contribution in [0.5, 0.6) is 0 Å². The van der Waals surface area contributed by atoms with Crippen molar-refractivity contribution in [1.29, 1.82) is 0 Å². The van der Waals surface area contributed by atoms with Gasteiger partial charge in [-0.1, -0.05) is 0 Å². The maximum atomic E-state index is 12.4. The lowest BCUT2D eigenvalue weighted by molar-refractivity contribution is 0.144. The van der Waals surface area contributed by atoms with Crippen molar-refractivity contribution in [3.63, 3.8) is 0 Å². The fourth-order valence-electron chi connectivity index (χ4n) is 0.816. The van der Waals surface area contributed by atoms with Crippen LogP contribution in [0.25, 0.3) is 0 Å². The van der Waals surface area contributed by atoms with E-state index < -0.39 is 27.2 Å². The zero-order valence-corrected chi connectivity index (χ0v) is 11.5. The molecular weight excluding hydrogens is 409 g/mol. The number of rotatable bonds is 2. The van der Waals surface area contributed by atoms with E-state index in [0.717, 1.165) is 0 Å². The van der Waals surface area contributed by atoms with Gasteiger partial charge >= 0.3 is 0 Å². The van der Waals surface area contributed by atoms with Crippen LogP contribution in [-0.4, -0.2) is 13.4 Å². The summed E-state index contributed by atoms with van der Waals surface area (Å²) in [5, 5.41) is 4.22. The molecule has 4 nitrogen and oxygen atoms in total. The Labute approximate surface area is 107 Å². The molecule has 9 heteroatoms. The van der Waals surface area contributed by atoms with Crippen LogP contribution in [0.4, 0.5) is 8.78 Å². The second kappa shape index (κ2) is 4.55. The van der Waals surface area contributed by atoms with Gasteiger partial charge in [0, 0.05) is 3.57 Å². The lowest BCUT2D eigenvalue weighted by Crippen LogP contribution is -2.16. The van der Waals surface area contributed by atoms with Crippen molar-refractivity contribution in [3.8, 4) is 0 Å². The van der Waals surface area contributed by atoms with Crippen LogP contribution in [0, 0.1) is 3.57 Å². The lowest BCUT2D eigenvalue weighted by Gasteiger charge is -2.06. The summed E-state index contributed by atoms with van der Waals surface area (Å²) in [6, 6.07) is 1.23. The molecule has 1 aromatic heterocycles. The third-order valence-electron chi connectivity index (χ3n) is 1.40. The van der Waals surface area contributed by atoms with Crippen LogP contribution in [0.1, 0.15) is 12.1 Å². The minimum Gasteiger partial charge on any atom is -0.232 e. The molecule has 0 aliphatic carbocycles. The number of halogens is 4. The van der Waals surface area contributed by atoms with E-state index in [0.29, 0.717) is 0 Å². The summed E-state index contributed by atoms with van der Waals surface area (Å²) < 4.78 is 47.0. The standard InChI is InChI=1S/C6H4BrF2IN2O2S/c7-2-1-3(10)4(5(8)9)12-6(2)15(11,13)14/h1,5H,(H2,11,13,14). The van der Waals surface area contributed by atoms with Crippen LogP contribution in [0.3, 0.4) is 0 Å². The molecule has 1 aromatic rings. The summed E-state index contributed by atoms with van der Waals surface area (Å²) in [6.45, 7) is 0. The lowest BCUT2D eigenvalue weighted by atomic mass is 10.4. The minimum atomic E-state index is -4.10. The van der Waals surface area contributed by atoms with Gasteiger partial charge in [0.15, 0.2) is 5.03 Å². The molecule has 84 valence electrons. The molecule has 0 atom stereocenters. The van der Waals surface area contributed by atoms with Gasteiger partial charge in [-0.25, -0.2) is 27.3 Å². The van der Waals surface area contributed by atoms with E-state index in [-0.39, 0.29) is 8.04 Å². The molecule has 0 aliphatic heterocycles. The summed E-state index contributed by atoms with van der Waals surface area (Å²) in [7, 11) is -4.10. The average molecular weight is 413 g/mol. The molecule has 0 saturated carbocycles. The molecule has 0 radical (unpaired) electrons. The molecule has 0 unspecified atom stereocenters. The first-order chi connectivity index (χ1) is 6.73. The number of primary sulfonamides is 1. The molecule has 2 N–H and O–H groups in total. The van der Waals surface area contributed by atoms with Crippen LogP contribution < -0.4 is 5.14 Å². The highest BCUT2D eigenvalue weighted by molar-refractivity contribution is 14.1. The maximum Gasteiger partial charge on any atom is 0.281 e. The number of pyridine rings is 1. The van der Waals surface area contributed by atoms with Gasteiger partial charge < -0.3 is 0 Å². The van der Waals surface area contributed by atoms with Crippen molar-refractivity contribution >= 4 is 48.5 Å². The number of nitrogens with zero attached hydrogens (tertiary/aromatic N) is 1. The van der Waals surface area contributed by atoms with Crippen molar-refractivity contribution in [2.75, 3.05) is 0 Å². The van der Waals surface area contributed by atoms with Gasteiger partial charge in [-0.15, -0.1) is 0 Å². The van der Waals surface area contributed by atoms with E-state index in [1.54, 1.807) is 22.6 Å². The highest BCUT2D eigenvalue weighted by Gasteiger charge is 2.21. The molecule has 0 saturated heterocycles. The van der Waals surface area contributed by atoms with E-state index in [1.807, 2.05) is 0 Å². The van der Waals surface area contributed by atoms with Crippen molar-refractivity contribution in [1.82, 2.24) is 4.98 Å². The number of nitrogens with two attached hydrogens (primary N) is 1. The Morgan fingerprint density at radius 2 is 2.07 bits per heavy atom. The predicted octanol–water partition coefficient (Wildman–Crippen LogP) is 2.03. The number of hydrogen-bond donors (Lipinski definition) is 1. The maximum absolute atomic E-state index is 12.4. The van der Waals surface area contributed by atoms with Gasteiger partial charge in [0.25, 0.3) is 16.4 Å². The number of sulfonamides is 1. The summed E-state index contributed by atoms with van der Waals surface area (Å²) >= 11 is 4.53. The van der Waals surface area contributed by atoms with E-state index in [9.17, 15) is 17.2 Å². The Balaban J connectivity index is 3.50. The van der Waals surface area contributed by atoms with Gasteiger partial charge in [0.05, 0.1) is 4.47 Å². The summed E-state index contributed by atoms with van der Waals surface area (Å²) in [5.41, 5.74) is -0.595. The highest BCUT2D eigenvalue weighted by Crippen LogP contribution is 2.28. The summed E-state index contributed by atoms with van der Waals surface area (Å²) in [6.07, 6.45) is -2.84. The van der Waals surface area contributed by atoms with E-state index in [1.165, 1.54) is 6.07 Å². The molecule has 0 spiro atoms. The smallest absolute Gasteiger partial charge is 0.232 e. The topological polar surface area (TPSA) is 73.1 Å². The van der Waals surface area contributed by atoms with Crippen LogP contribution in [0.2, 0.25) is 0 Å². The molecule has 0 aliphatic rings. The van der Waals surface area contributed by atoms with Crippen molar-refractivity contribution in [2.24, 2.45) is 5.14 Å². The average Bonchev–Trinajstić information content (AvgIpc) is 2.00. The zero-order chi connectivity index (χ0) is 11.8. The molecule has 0 fully saturated rings. The monoisotopic (exact) mass is 412 g/mol. The van der Waals surface area contributed by atoms with Crippen molar-refractivity contribution < 1.29 is 17.2 Å². The second-order valence-corrected chi connectivity index (χ2v) is 5.98. The molecule has 1 rings (SSSR count). The SMILES string of the molecule is NS(=O)(=O)c1nc(C(F)F)c(I)cc1Br. The summed E-state index contributed by atoms with van der Waals surface area (Å²) in [5.74, 6) is 0. The first-order valence-electron chi connectivity index (χ1n) is 3.40. The Bertz CT molecular complexity index is 494. The largest absolute Gasteiger partial charge is 0.281 e. The summed E-state index contributed by atoms with van der Waals surface area (Å²) in [4.78, 5) is 3.33. The van der Waals surface area contributed by atoms with Crippen molar-refractivity contribution in [3.05, 3.63) is 19.8 Å². The third kappa shape index (κ3) is 3.04. The van der Waals surface area contributed by atoms with Gasteiger partial charge in [-0.3, -0.25) is 0 Å². The molecule has 0 amide bonds. The van der Waals surface area contributed by atoms with Crippen LogP contribution in [0.15, 0.2) is 15.6 Å². The first-order valence-corrected chi connectivity index (χ1v) is 6.82. The number of alkyl halides is 2. The number of hydrogen-bond acceptors (Lipinski definition) is 3. The normalized spacial score (nSPS) is 12.1. The van der Waals surface area contributed by atoms with E-state index in [4.69, 9.17) is 5.14 Å². The first kappa shape index (κ1) is 13.2. The van der Waals surface area contributed by atoms with E-state index >= 15 is 0 Å². The van der Waals surface area contributed by atoms with Gasteiger partial charge in [0.2, 0.25) is 0 Å². The van der Waals surface area contributed by atoms with Gasteiger partial charge in [0.1, 0.15) is 5.69 Å². The Morgan fingerprint density at radius 3 is 2.47 bits per heavy atom. The second-order valence-electron chi connectivity index (χ2n) is 2.49. The molecular formula is C6H4BrF2IN2O2S. The quantitative estimate of drug-likeness (QED) is 0.755. The van der Waals surface area contributed by atoms with Crippen LogP contribution >= 0.6 is 38.5 Å². The Hall–Kier alpha value is 0.130. The van der Waals surface area contributed by atoms with Gasteiger partial charge in [-0.05, 0) is 44.6 Å². The van der Waals surface area contributed by atoms with Crippen LogP contribution in [-0.2, 0) is 10.0 Å². The predicted molar refractivity (Wildman–Crippen MR) is 61.0 cm³/mol. The van der Waals surface area contributed by atoms with Crippen molar-refractivity contribution in [2.45, 2.75) is 11.5 Å². The fourth-order valence-corrected chi connectivity index (χ4v) is 3.46. The molecule has 15 heavy (non-hydrogen) atoms. The fraction of sp³-hybridized carbons (Fsp3) is 0.167. The third-order valence-corrected chi connectivity index (χ3v) is 3.98. The Morgan fingerprint density at radius 1 is 1.53 bits per heavy atom. The van der Waals surface area contributed by atoms with Gasteiger partial charge in [-0.2, -0.15) is 0 Å². The van der Waals surface area contributed by atoms with E-state index in [2.05, 4.69) is 20.9 Å².